The molecule has 1 aromatic carbocycles. The van der Waals surface area contributed by atoms with Crippen LogP contribution in [0.3, 0.4) is 0 Å². The van der Waals surface area contributed by atoms with Crippen LogP contribution in [0.1, 0.15) is 44.2 Å². The first-order valence-corrected chi connectivity index (χ1v) is 7.18. The third kappa shape index (κ3) is 2.07. The molecule has 1 aliphatic carbocycles. The van der Waals surface area contributed by atoms with Gasteiger partial charge in [0.25, 0.3) is 0 Å². The monoisotopic (exact) mass is 275 g/mol. The van der Waals surface area contributed by atoms with E-state index in [4.69, 9.17) is 5.73 Å². The number of fused-ring (bicyclic) bond motifs is 1. The molecule has 0 radical (unpaired) electrons. The van der Waals surface area contributed by atoms with E-state index in [-0.39, 0.29) is 18.6 Å². The number of aliphatic hydroxyl groups is 2. The van der Waals surface area contributed by atoms with Gasteiger partial charge >= 0.3 is 0 Å². The van der Waals surface area contributed by atoms with Crippen LogP contribution in [0, 0.1) is 5.92 Å². The largest absolute Gasteiger partial charge is 0.399 e. The molecule has 4 N–H and O–H groups in total. The normalized spacial score (nSPS) is 24.4. The van der Waals surface area contributed by atoms with E-state index in [1.807, 2.05) is 18.2 Å². The quantitative estimate of drug-likeness (QED) is 0.748. The van der Waals surface area contributed by atoms with E-state index in [0.29, 0.717) is 11.5 Å². The van der Waals surface area contributed by atoms with Crippen LogP contribution in [0.4, 0.5) is 5.69 Å². The van der Waals surface area contributed by atoms with Crippen molar-refractivity contribution >= 4 is 16.7 Å². The van der Waals surface area contributed by atoms with Gasteiger partial charge in [0.05, 0.1) is 11.0 Å². The molecule has 5 nitrogen and oxygen atoms in total. The highest BCUT2D eigenvalue weighted by molar-refractivity contribution is 5.80. The fourth-order valence-electron chi connectivity index (χ4n) is 3.35. The molecule has 0 spiro atoms. The fraction of sp³-hybridized carbons (Fsp3) is 0.533. The number of aliphatic hydroxyl groups excluding tert-OH is 2. The molecule has 0 saturated heterocycles. The van der Waals surface area contributed by atoms with Crippen molar-refractivity contribution in [2.24, 2.45) is 5.92 Å². The van der Waals surface area contributed by atoms with E-state index < -0.39 is 6.10 Å². The number of nitrogens with zero attached hydrogens (tertiary/aromatic N) is 2. The van der Waals surface area contributed by atoms with Gasteiger partial charge in [-0.15, -0.1) is 0 Å². The van der Waals surface area contributed by atoms with E-state index in [9.17, 15) is 10.2 Å². The minimum Gasteiger partial charge on any atom is -0.399 e. The molecule has 5 heteroatoms. The van der Waals surface area contributed by atoms with Crippen molar-refractivity contribution in [3.8, 4) is 0 Å². The van der Waals surface area contributed by atoms with Crippen LogP contribution in [0.5, 0.6) is 0 Å². The van der Waals surface area contributed by atoms with Crippen LogP contribution < -0.4 is 5.73 Å². The number of hydrogen-bond donors (Lipinski definition) is 3. The zero-order valence-corrected chi connectivity index (χ0v) is 11.7. The first-order valence-electron chi connectivity index (χ1n) is 7.18. The molecule has 3 atom stereocenters. The molecule has 0 aliphatic heterocycles. The van der Waals surface area contributed by atoms with Gasteiger partial charge in [-0.3, -0.25) is 0 Å². The Bertz CT molecular complexity index is 621. The lowest BCUT2D eigenvalue weighted by atomic mass is 10.0. The molecular weight excluding hydrogens is 254 g/mol. The van der Waals surface area contributed by atoms with Crippen molar-refractivity contribution < 1.29 is 10.2 Å². The Morgan fingerprint density at radius 1 is 1.45 bits per heavy atom. The maximum absolute atomic E-state index is 10.0. The minimum atomic E-state index is -0.636. The second-order valence-electron chi connectivity index (χ2n) is 5.71. The number of nitrogens with two attached hydrogens (primary N) is 1. The number of hydrogen-bond acceptors (Lipinski definition) is 4. The Kier molecular flexibility index (Phi) is 3.40. The molecule has 0 bridgehead atoms. The topological polar surface area (TPSA) is 84.3 Å². The maximum Gasteiger partial charge on any atom is 0.138 e. The van der Waals surface area contributed by atoms with Crippen LogP contribution in [0.25, 0.3) is 11.0 Å². The molecule has 3 rings (SSSR count). The summed E-state index contributed by atoms with van der Waals surface area (Å²) in [6.07, 6.45) is 2.50. The Labute approximate surface area is 118 Å². The summed E-state index contributed by atoms with van der Waals surface area (Å²) in [5.41, 5.74) is 8.28. The van der Waals surface area contributed by atoms with Crippen molar-refractivity contribution in [3.05, 3.63) is 24.0 Å². The molecule has 1 saturated carbocycles. The standard InChI is InChI=1S/C15H21N3O2/c1-9(20)15-17-12-7-11(16)5-6-14(12)18(15)13-4-2-3-10(13)8-19/h5-7,9-10,13,19-20H,2-4,8,16H2,1H3. The molecule has 1 fully saturated rings. The highest BCUT2D eigenvalue weighted by Gasteiger charge is 2.31. The van der Waals surface area contributed by atoms with Crippen LogP contribution in [0.15, 0.2) is 18.2 Å². The van der Waals surface area contributed by atoms with Gasteiger partial charge in [-0.2, -0.15) is 0 Å². The zero-order chi connectivity index (χ0) is 14.3. The van der Waals surface area contributed by atoms with Gasteiger partial charge < -0.3 is 20.5 Å². The third-order valence-corrected chi connectivity index (χ3v) is 4.30. The first kappa shape index (κ1) is 13.4. The van der Waals surface area contributed by atoms with Crippen molar-refractivity contribution in [3.63, 3.8) is 0 Å². The van der Waals surface area contributed by atoms with Crippen molar-refractivity contribution in [1.29, 1.82) is 0 Å². The average molecular weight is 275 g/mol. The van der Waals surface area contributed by atoms with E-state index in [1.165, 1.54) is 0 Å². The molecule has 0 amide bonds. The van der Waals surface area contributed by atoms with E-state index >= 15 is 0 Å². The third-order valence-electron chi connectivity index (χ3n) is 4.30. The van der Waals surface area contributed by atoms with Crippen molar-refractivity contribution in [1.82, 2.24) is 9.55 Å². The Morgan fingerprint density at radius 2 is 2.25 bits per heavy atom. The molecule has 1 heterocycles. The summed E-state index contributed by atoms with van der Waals surface area (Å²) in [7, 11) is 0. The summed E-state index contributed by atoms with van der Waals surface area (Å²) < 4.78 is 2.10. The summed E-state index contributed by atoms with van der Waals surface area (Å²) in [5.74, 6) is 0.901. The van der Waals surface area contributed by atoms with Crippen molar-refractivity contribution in [2.45, 2.75) is 38.3 Å². The minimum absolute atomic E-state index is 0.179. The summed E-state index contributed by atoms with van der Waals surface area (Å²) in [6.45, 7) is 1.91. The molecule has 20 heavy (non-hydrogen) atoms. The highest BCUT2D eigenvalue weighted by atomic mass is 16.3. The first-order chi connectivity index (χ1) is 9.61. The fourth-order valence-corrected chi connectivity index (χ4v) is 3.35. The summed E-state index contributed by atoms with van der Waals surface area (Å²) >= 11 is 0. The number of benzene rings is 1. The maximum atomic E-state index is 10.0. The van der Waals surface area contributed by atoms with Gasteiger partial charge in [-0.05, 0) is 38.0 Å². The predicted molar refractivity (Wildman–Crippen MR) is 78.2 cm³/mol. The molecule has 1 aromatic heterocycles. The van der Waals surface area contributed by atoms with Crippen molar-refractivity contribution in [2.75, 3.05) is 12.3 Å². The highest BCUT2D eigenvalue weighted by Crippen LogP contribution is 2.39. The van der Waals surface area contributed by atoms with E-state index in [2.05, 4.69) is 9.55 Å². The Morgan fingerprint density at radius 3 is 2.95 bits per heavy atom. The lowest BCUT2D eigenvalue weighted by molar-refractivity contribution is 0.165. The Balaban J connectivity index is 2.18. The van der Waals surface area contributed by atoms with Gasteiger partial charge in [-0.25, -0.2) is 4.98 Å². The molecule has 2 aromatic rings. The van der Waals surface area contributed by atoms with Gasteiger partial charge in [0, 0.05) is 24.3 Å². The lowest BCUT2D eigenvalue weighted by Crippen LogP contribution is -2.20. The van der Waals surface area contributed by atoms with Gasteiger partial charge in [0.15, 0.2) is 0 Å². The lowest BCUT2D eigenvalue weighted by Gasteiger charge is -2.23. The van der Waals surface area contributed by atoms with Crippen LogP contribution in [-0.4, -0.2) is 26.4 Å². The zero-order valence-electron chi connectivity index (χ0n) is 11.7. The second-order valence-corrected chi connectivity index (χ2v) is 5.71. The number of nitrogen functional groups attached to an aromatic ring is 1. The van der Waals surface area contributed by atoms with Crippen LogP contribution >= 0.6 is 0 Å². The van der Waals surface area contributed by atoms with E-state index in [0.717, 1.165) is 30.3 Å². The molecule has 108 valence electrons. The van der Waals surface area contributed by atoms with Gasteiger partial charge in [0.1, 0.15) is 11.9 Å². The van der Waals surface area contributed by atoms with Crippen LogP contribution in [0.2, 0.25) is 0 Å². The van der Waals surface area contributed by atoms with Crippen LogP contribution in [-0.2, 0) is 0 Å². The molecule has 1 aliphatic rings. The smallest absolute Gasteiger partial charge is 0.138 e. The number of imidazole rings is 1. The SMILES string of the molecule is CC(O)c1nc2cc(N)ccc2n1C1CCCC1CO. The number of rotatable bonds is 3. The number of anilines is 1. The Hall–Kier alpha value is -1.59. The van der Waals surface area contributed by atoms with Gasteiger partial charge in [0.2, 0.25) is 0 Å². The predicted octanol–water partition coefficient (Wildman–Crippen LogP) is 2.01. The summed E-state index contributed by atoms with van der Waals surface area (Å²) in [6, 6.07) is 5.85. The number of aromatic nitrogens is 2. The van der Waals surface area contributed by atoms with Gasteiger partial charge in [-0.1, -0.05) is 6.42 Å². The second kappa shape index (κ2) is 5.07. The average Bonchev–Trinajstić information content (AvgIpc) is 3.00. The molecule has 3 unspecified atom stereocenters. The summed E-state index contributed by atoms with van der Waals surface area (Å²) in [5, 5.41) is 19.6. The molecular formula is C15H21N3O2. The summed E-state index contributed by atoms with van der Waals surface area (Å²) in [4.78, 5) is 4.54. The van der Waals surface area contributed by atoms with E-state index in [1.54, 1.807) is 6.92 Å².